The average Bonchev–Trinajstić information content (AvgIpc) is 2.67. The summed E-state index contributed by atoms with van der Waals surface area (Å²) < 4.78 is 22.4. The molecule has 0 amide bonds. The fourth-order valence-corrected chi connectivity index (χ4v) is 5.30. The van der Waals surface area contributed by atoms with Crippen LogP contribution < -0.4 is 0 Å². The second-order valence-corrected chi connectivity index (χ2v) is 7.62. The van der Waals surface area contributed by atoms with E-state index in [4.69, 9.17) is 18.9 Å². The van der Waals surface area contributed by atoms with E-state index in [2.05, 4.69) is 0 Å². The first kappa shape index (κ1) is 17.8. The Balaban J connectivity index is 1.74. The van der Waals surface area contributed by atoms with Crippen molar-refractivity contribution < 1.29 is 38.4 Å². The van der Waals surface area contributed by atoms with E-state index < -0.39 is 42.0 Å². The number of fused-ring (bicyclic) bond motifs is 2. The Morgan fingerprint density at radius 2 is 1.96 bits per heavy atom. The lowest BCUT2D eigenvalue weighted by atomic mass is 9.59. The van der Waals surface area contributed by atoms with Crippen molar-refractivity contribution in [2.24, 2.45) is 5.41 Å². The van der Waals surface area contributed by atoms with Crippen LogP contribution in [-0.2, 0) is 33.3 Å². The molecule has 8 heteroatoms. The predicted octanol–water partition coefficient (Wildman–Crippen LogP) is 0.493. The Hall–Kier alpha value is -2.29. The summed E-state index contributed by atoms with van der Waals surface area (Å²) in [4.78, 5) is 37.2. The molecule has 0 aromatic heterocycles. The number of aliphatic hydroxyl groups excluding tert-OH is 1. The van der Waals surface area contributed by atoms with Crippen molar-refractivity contribution >= 4 is 18.2 Å². The molecule has 1 spiro atoms. The number of cyclic esters (lactones) is 2. The number of carbonyl (C=O) groups is 3. The van der Waals surface area contributed by atoms with Crippen molar-refractivity contribution in [2.75, 3.05) is 13.2 Å². The van der Waals surface area contributed by atoms with E-state index in [1.165, 1.54) is 0 Å². The van der Waals surface area contributed by atoms with Gasteiger partial charge < -0.3 is 24.1 Å². The molecular formula is C20H20O8. The van der Waals surface area contributed by atoms with E-state index in [1.807, 2.05) is 6.08 Å². The largest absolute Gasteiger partial charge is 0.465 e. The third-order valence-electron chi connectivity index (χ3n) is 6.45. The minimum absolute atomic E-state index is 0.0824. The van der Waals surface area contributed by atoms with Crippen molar-refractivity contribution in [3.8, 4) is 0 Å². The standard InChI is InChI=1S/C20H20O8/c1-9-12(8-21)13-5-7-26-19(24)20(13)14(27-9)3-2-11-10-4-6-25-17(22)15(10)18(23)28-16(11)20/h2,8-9,14,16,18,23H,3-7H2,1H3/t9-,14-,16-,18-,20+/m0/s1. The molecule has 0 bridgehead atoms. The van der Waals surface area contributed by atoms with Crippen molar-refractivity contribution in [1.29, 1.82) is 0 Å². The number of esters is 2. The number of ether oxygens (including phenoxy) is 4. The number of rotatable bonds is 1. The van der Waals surface area contributed by atoms with Gasteiger partial charge in [0.25, 0.3) is 0 Å². The van der Waals surface area contributed by atoms with Crippen molar-refractivity contribution in [3.05, 3.63) is 33.9 Å². The zero-order chi connectivity index (χ0) is 19.6. The van der Waals surface area contributed by atoms with Gasteiger partial charge in [0.05, 0.1) is 31.0 Å². The van der Waals surface area contributed by atoms with E-state index in [-0.39, 0.29) is 18.8 Å². The maximum Gasteiger partial charge on any atom is 0.339 e. The zero-order valence-corrected chi connectivity index (χ0v) is 15.3. The van der Waals surface area contributed by atoms with E-state index in [0.717, 1.165) is 6.29 Å². The second-order valence-electron chi connectivity index (χ2n) is 7.62. The van der Waals surface area contributed by atoms with Crippen LogP contribution in [0.25, 0.3) is 0 Å². The van der Waals surface area contributed by atoms with Gasteiger partial charge in [-0.25, -0.2) is 4.79 Å². The van der Waals surface area contributed by atoms with Crippen LogP contribution in [0.1, 0.15) is 26.2 Å². The Morgan fingerprint density at radius 1 is 1.18 bits per heavy atom. The Bertz CT molecular complexity index is 881. The highest BCUT2D eigenvalue weighted by Gasteiger charge is 2.65. The molecule has 4 heterocycles. The van der Waals surface area contributed by atoms with Crippen LogP contribution in [0.3, 0.4) is 0 Å². The summed E-state index contributed by atoms with van der Waals surface area (Å²) in [5, 5.41) is 10.6. The van der Waals surface area contributed by atoms with Gasteiger partial charge in [0, 0.05) is 18.4 Å². The average molecular weight is 388 g/mol. The molecular weight excluding hydrogens is 368 g/mol. The summed E-state index contributed by atoms with van der Waals surface area (Å²) >= 11 is 0. The maximum atomic E-state index is 13.2. The third kappa shape index (κ3) is 2.08. The monoisotopic (exact) mass is 388 g/mol. The first-order valence-corrected chi connectivity index (χ1v) is 9.45. The highest BCUT2D eigenvalue weighted by atomic mass is 16.6. The molecule has 5 atom stereocenters. The molecule has 1 aliphatic carbocycles. The van der Waals surface area contributed by atoms with Gasteiger partial charge in [-0.1, -0.05) is 6.08 Å². The molecule has 1 N–H and O–H groups in total. The lowest BCUT2D eigenvalue weighted by Gasteiger charge is -2.55. The molecule has 0 aromatic carbocycles. The minimum atomic E-state index is -1.52. The fraction of sp³-hybridized carbons (Fsp3) is 0.550. The fourth-order valence-electron chi connectivity index (χ4n) is 5.30. The molecule has 4 aliphatic heterocycles. The third-order valence-corrected chi connectivity index (χ3v) is 6.45. The number of aldehydes is 1. The molecule has 1 fully saturated rings. The number of hydrogen-bond acceptors (Lipinski definition) is 8. The maximum absolute atomic E-state index is 13.2. The van der Waals surface area contributed by atoms with E-state index >= 15 is 0 Å². The molecule has 0 aromatic rings. The van der Waals surface area contributed by atoms with Gasteiger partial charge in [-0.05, 0) is 30.1 Å². The van der Waals surface area contributed by atoms with Crippen molar-refractivity contribution in [3.63, 3.8) is 0 Å². The van der Waals surface area contributed by atoms with Crippen molar-refractivity contribution in [1.82, 2.24) is 0 Å². The summed E-state index contributed by atoms with van der Waals surface area (Å²) in [5.74, 6) is -1.13. The molecule has 5 rings (SSSR count). The lowest BCUT2D eigenvalue weighted by Crippen LogP contribution is -2.64. The summed E-state index contributed by atoms with van der Waals surface area (Å²) in [7, 11) is 0. The smallest absolute Gasteiger partial charge is 0.339 e. The number of carbonyl (C=O) groups excluding carboxylic acids is 3. The van der Waals surface area contributed by atoms with Crippen LogP contribution in [0.4, 0.5) is 0 Å². The van der Waals surface area contributed by atoms with Crippen LogP contribution >= 0.6 is 0 Å². The molecule has 28 heavy (non-hydrogen) atoms. The molecule has 0 radical (unpaired) electrons. The van der Waals surface area contributed by atoms with Gasteiger partial charge in [0.2, 0.25) is 0 Å². The first-order chi connectivity index (χ1) is 13.5. The quantitative estimate of drug-likeness (QED) is 0.511. The zero-order valence-electron chi connectivity index (χ0n) is 15.3. The molecule has 8 nitrogen and oxygen atoms in total. The van der Waals surface area contributed by atoms with Crippen LogP contribution in [0, 0.1) is 5.41 Å². The van der Waals surface area contributed by atoms with Crippen molar-refractivity contribution in [2.45, 2.75) is 50.8 Å². The summed E-state index contributed by atoms with van der Waals surface area (Å²) in [5.41, 5.74) is 1.15. The van der Waals surface area contributed by atoms with Gasteiger partial charge in [-0.2, -0.15) is 0 Å². The molecule has 0 unspecified atom stereocenters. The second kappa shape index (κ2) is 6.10. The SMILES string of the molecule is C[C@@H]1O[C@H]2CC=C3C4=C(C(=O)OCC4)[C@@H](O)O[C@@H]3[C@]23C(=O)OCCC3=C1C=O. The van der Waals surface area contributed by atoms with Gasteiger partial charge in [-0.15, -0.1) is 0 Å². The van der Waals surface area contributed by atoms with Gasteiger partial charge in [0.1, 0.15) is 17.8 Å². The minimum Gasteiger partial charge on any atom is -0.465 e. The molecule has 1 saturated heterocycles. The lowest BCUT2D eigenvalue weighted by molar-refractivity contribution is -0.211. The first-order valence-electron chi connectivity index (χ1n) is 9.45. The van der Waals surface area contributed by atoms with E-state index in [9.17, 15) is 19.5 Å². The molecule has 0 saturated carbocycles. The van der Waals surface area contributed by atoms with Crippen LogP contribution in [0.5, 0.6) is 0 Å². The predicted molar refractivity (Wildman–Crippen MR) is 91.6 cm³/mol. The van der Waals surface area contributed by atoms with Gasteiger partial charge >= 0.3 is 11.9 Å². The summed E-state index contributed by atoms with van der Waals surface area (Å²) in [6.45, 7) is 2.17. The Labute approximate surface area is 160 Å². The highest BCUT2D eigenvalue weighted by molar-refractivity contribution is 5.94. The highest BCUT2D eigenvalue weighted by Crippen LogP contribution is 2.57. The summed E-state index contributed by atoms with van der Waals surface area (Å²) in [6, 6.07) is 0. The Kier molecular flexibility index (Phi) is 3.88. The normalized spacial score (nSPS) is 39.7. The Morgan fingerprint density at radius 3 is 2.75 bits per heavy atom. The summed E-state index contributed by atoms with van der Waals surface area (Å²) in [6.07, 6.45) is 0.440. The molecule has 5 aliphatic rings. The topological polar surface area (TPSA) is 108 Å². The van der Waals surface area contributed by atoms with Crippen LogP contribution in [-0.4, -0.2) is 61.1 Å². The van der Waals surface area contributed by atoms with E-state index in [0.29, 0.717) is 41.6 Å². The van der Waals surface area contributed by atoms with Gasteiger partial charge in [0.15, 0.2) is 6.29 Å². The number of aliphatic hydroxyl groups is 1. The molecule has 148 valence electrons. The number of hydrogen-bond donors (Lipinski definition) is 1. The van der Waals surface area contributed by atoms with Gasteiger partial charge in [-0.3, -0.25) is 9.59 Å². The van der Waals surface area contributed by atoms with Crippen LogP contribution in [0.15, 0.2) is 33.9 Å². The van der Waals surface area contributed by atoms with E-state index in [1.54, 1.807) is 6.92 Å². The van der Waals surface area contributed by atoms with Crippen LogP contribution in [0.2, 0.25) is 0 Å².